The summed E-state index contributed by atoms with van der Waals surface area (Å²) < 4.78 is 0. The number of aliphatic carboxylic acids is 1. The van der Waals surface area contributed by atoms with Crippen molar-refractivity contribution in [3.05, 3.63) is 35.0 Å². The molecule has 10 nitrogen and oxygen atoms in total. The molecule has 13 heteroatoms. The summed E-state index contributed by atoms with van der Waals surface area (Å²) in [7, 11) is 0. The van der Waals surface area contributed by atoms with E-state index in [1.807, 2.05) is 0 Å². The SMILES string of the molecule is C=CC1=C(C(=O)[O-])N2C(=O)C(NC(=O)C(=NOCC)c3csc(N)n3)[C@H]2SC1.[Na+]. The van der Waals surface area contributed by atoms with E-state index in [0.717, 1.165) is 16.2 Å². The maximum Gasteiger partial charge on any atom is 1.00 e. The first-order valence-corrected chi connectivity index (χ1v) is 10.1. The van der Waals surface area contributed by atoms with Gasteiger partial charge < -0.3 is 25.8 Å². The molecule has 2 aliphatic rings. The third-order valence-electron chi connectivity index (χ3n) is 3.99. The Labute approximate surface area is 196 Å². The summed E-state index contributed by atoms with van der Waals surface area (Å²) in [6.07, 6.45) is 1.38. The van der Waals surface area contributed by atoms with Crippen LogP contribution in [0.4, 0.5) is 5.13 Å². The third kappa shape index (κ3) is 4.51. The fourth-order valence-corrected chi connectivity index (χ4v) is 4.62. The first-order valence-electron chi connectivity index (χ1n) is 8.12. The minimum atomic E-state index is -1.46. The van der Waals surface area contributed by atoms with Crippen LogP contribution in [0.2, 0.25) is 0 Å². The molecule has 0 aliphatic carbocycles. The average Bonchev–Trinajstić information content (AvgIpc) is 3.10. The number of fused-ring (bicyclic) bond motifs is 1. The number of carbonyl (C=O) groups excluding carboxylic acids is 3. The molecule has 0 spiro atoms. The van der Waals surface area contributed by atoms with Crippen molar-refractivity contribution >= 4 is 51.7 Å². The molecular weight excluding hydrogens is 429 g/mol. The van der Waals surface area contributed by atoms with E-state index in [9.17, 15) is 19.5 Å². The Morgan fingerprint density at radius 1 is 1.59 bits per heavy atom. The molecule has 148 valence electrons. The maximum atomic E-state index is 12.7. The molecule has 3 rings (SSSR count). The van der Waals surface area contributed by atoms with Gasteiger partial charge in [-0.15, -0.1) is 23.1 Å². The van der Waals surface area contributed by atoms with E-state index in [1.165, 1.54) is 17.8 Å². The molecular formula is C16H16N5NaO5S2. The molecule has 3 N–H and O–H groups in total. The second-order valence-corrected chi connectivity index (χ2v) is 7.65. The largest absolute Gasteiger partial charge is 1.00 e. The first kappa shape index (κ1) is 23.4. The minimum Gasteiger partial charge on any atom is -0.543 e. The van der Waals surface area contributed by atoms with Crippen molar-refractivity contribution in [1.29, 1.82) is 0 Å². The zero-order valence-electron chi connectivity index (χ0n) is 15.7. The van der Waals surface area contributed by atoms with E-state index in [-0.39, 0.29) is 58.4 Å². The van der Waals surface area contributed by atoms with Gasteiger partial charge in [0.25, 0.3) is 11.8 Å². The van der Waals surface area contributed by atoms with Gasteiger partial charge in [0.1, 0.15) is 23.7 Å². The predicted octanol–water partition coefficient (Wildman–Crippen LogP) is -3.94. The minimum absolute atomic E-state index is 0. The number of rotatable bonds is 7. The number of carboxylic acids is 1. The average molecular weight is 445 g/mol. The molecule has 1 saturated heterocycles. The van der Waals surface area contributed by atoms with Gasteiger partial charge in [0, 0.05) is 11.1 Å². The standard InChI is InChI=1S/C16H17N5O5S2.Na/c1-3-7-5-27-14-10(13(23)21(14)11(7)15(24)25)19-12(22)9(20-26-4-2)8-6-28-16(17)18-8;/h3,6,10,14H,1,4-5H2,2H3,(H2,17,18)(H,19,22)(H,24,25);/q;+1/p-1/t10?,14-;/m1./s1. The van der Waals surface area contributed by atoms with Gasteiger partial charge in [-0.1, -0.05) is 17.8 Å². The quantitative estimate of drug-likeness (QED) is 0.187. The summed E-state index contributed by atoms with van der Waals surface area (Å²) in [5.41, 5.74) is 5.88. The van der Waals surface area contributed by atoms with E-state index < -0.39 is 29.2 Å². The molecule has 0 radical (unpaired) electrons. The van der Waals surface area contributed by atoms with Crippen molar-refractivity contribution in [3.8, 4) is 0 Å². The fourth-order valence-electron chi connectivity index (χ4n) is 2.73. The van der Waals surface area contributed by atoms with Gasteiger partial charge in [0.2, 0.25) is 0 Å². The van der Waals surface area contributed by atoms with Crippen LogP contribution < -0.4 is 45.7 Å². The number of β-lactam (4-membered cyclic amide) rings is 1. The summed E-state index contributed by atoms with van der Waals surface area (Å²) in [5, 5.41) is 19.0. The van der Waals surface area contributed by atoms with Crippen LogP contribution in [-0.4, -0.2) is 57.2 Å². The van der Waals surface area contributed by atoms with Crippen LogP contribution in [0, 0.1) is 0 Å². The maximum absolute atomic E-state index is 12.7. The molecule has 2 aliphatic heterocycles. The van der Waals surface area contributed by atoms with Gasteiger partial charge in [-0.3, -0.25) is 14.5 Å². The van der Waals surface area contributed by atoms with Crippen LogP contribution in [-0.2, 0) is 19.2 Å². The Hall–Kier alpha value is -1.86. The molecule has 2 amide bonds. The molecule has 29 heavy (non-hydrogen) atoms. The number of allylic oxidation sites excluding steroid dienone is 1. The number of nitrogens with two attached hydrogens (primary N) is 1. The fraction of sp³-hybridized carbons (Fsp3) is 0.312. The van der Waals surface area contributed by atoms with Crippen LogP contribution in [0.5, 0.6) is 0 Å². The van der Waals surface area contributed by atoms with E-state index in [1.54, 1.807) is 12.3 Å². The Balaban J connectivity index is 0.00000300. The molecule has 0 saturated carbocycles. The van der Waals surface area contributed by atoms with Gasteiger partial charge in [-0.25, -0.2) is 4.98 Å². The van der Waals surface area contributed by atoms with Crippen LogP contribution >= 0.6 is 23.1 Å². The smallest absolute Gasteiger partial charge is 0.543 e. The topological polar surface area (TPSA) is 150 Å². The Bertz CT molecular complexity index is 915. The van der Waals surface area contributed by atoms with Crippen molar-refractivity contribution in [2.24, 2.45) is 5.16 Å². The number of nitrogens with one attached hydrogen (secondary N) is 1. The molecule has 2 atom stereocenters. The molecule has 0 aromatic carbocycles. The van der Waals surface area contributed by atoms with Gasteiger partial charge >= 0.3 is 29.6 Å². The van der Waals surface area contributed by atoms with E-state index in [4.69, 9.17) is 10.6 Å². The molecule has 0 bridgehead atoms. The summed E-state index contributed by atoms with van der Waals surface area (Å²) in [6, 6.07) is -0.916. The Morgan fingerprint density at radius 3 is 2.86 bits per heavy atom. The molecule has 1 aromatic rings. The Kier molecular flexibility index (Phi) is 7.88. The number of hydrogen-bond donors (Lipinski definition) is 2. The second kappa shape index (κ2) is 9.76. The van der Waals surface area contributed by atoms with Crippen molar-refractivity contribution < 1.29 is 53.9 Å². The van der Waals surface area contributed by atoms with Crippen molar-refractivity contribution in [2.45, 2.75) is 18.3 Å². The van der Waals surface area contributed by atoms with E-state index in [0.29, 0.717) is 11.3 Å². The number of nitrogens with zero attached hydrogens (tertiary/aromatic N) is 3. The number of carboxylic acid groups (broad SMARTS) is 1. The van der Waals surface area contributed by atoms with Gasteiger partial charge in [0.15, 0.2) is 10.8 Å². The molecule has 1 fully saturated rings. The zero-order chi connectivity index (χ0) is 20.4. The number of thioether (sulfide) groups is 1. The van der Waals surface area contributed by atoms with Crippen LogP contribution in [0.25, 0.3) is 0 Å². The number of oxime groups is 1. The number of amides is 2. The number of anilines is 1. The first-order chi connectivity index (χ1) is 13.4. The monoisotopic (exact) mass is 445 g/mol. The number of nitrogen functional groups attached to an aromatic ring is 1. The predicted molar refractivity (Wildman–Crippen MR) is 102 cm³/mol. The van der Waals surface area contributed by atoms with Gasteiger partial charge in [-0.2, -0.15) is 0 Å². The summed E-state index contributed by atoms with van der Waals surface area (Å²) in [5.74, 6) is -2.37. The normalized spacial score (nSPS) is 20.9. The molecule has 1 unspecified atom stereocenters. The second-order valence-electron chi connectivity index (χ2n) is 5.66. The van der Waals surface area contributed by atoms with Crippen LogP contribution in [0.3, 0.4) is 0 Å². The van der Waals surface area contributed by atoms with Gasteiger partial charge in [-0.05, 0) is 12.5 Å². The number of aromatic nitrogens is 1. The van der Waals surface area contributed by atoms with Crippen LogP contribution in [0.1, 0.15) is 12.6 Å². The van der Waals surface area contributed by atoms with Crippen LogP contribution in [0.15, 0.2) is 34.5 Å². The third-order valence-corrected chi connectivity index (χ3v) is 5.96. The molecule has 1 aromatic heterocycles. The van der Waals surface area contributed by atoms with Gasteiger partial charge in [0.05, 0.1) is 11.7 Å². The Morgan fingerprint density at radius 2 is 2.31 bits per heavy atom. The number of hydrogen-bond acceptors (Lipinski definition) is 10. The van der Waals surface area contributed by atoms with Crippen molar-refractivity contribution in [2.75, 3.05) is 18.1 Å². The summed E-state index contributed by atoms with van der Waals surface area (Å²) >= 11 is 2.45. The van der Waals surface area contributed by atoms with E-state index in [2.05, 4.69) is 22.0 Å². The summed E-state index contributed by atoms with van der Waals surface area (Å²) in [6.45, 7) is 5.50. The molecule has 3 heterocycles. The zero-order valence-corrected chi connectivity index (χ0v) is 19.3. The van der Waals surface area contributed by atoms with E-state index >= 15 is 0 Å². The number of thiazole rings is 1. The van der Waals surface area contributed by atoms with Crippen molar-refractivity contribution in [3.63, 3.8) is 0 Å². The van der Waals surface area contributed by atoms with Crippen molar-refractivity contribution in [1.82, 2.24) is 15.2 Å². The number of carbonyl (C=O) groups is 3. The summed E-state index contributed by atoms with van der Waals surface area (Å²) in [4.78, 5) is 46.7.